The van der Waals surface area contributed by atoms with Crippen LogP contribution in [0.15, 0.2) is 71.3 Å². The van der Waals surface area contributed by atoms with Gasteiger partial charge in [0.2, 0.25) is 11.8 Å². The summed E-state index contributed by atoms with van der Waals surface area (Å²) in [6, 6.07) is 19.0. The van der Waals surface area contributed by atoms with Gasteiger partial charge >= 0.3 is 0 Å². The van der Waals surface area contributed by atoms with Crippen LogP contribution in [0, 0.1) is 0 Å². The van der Waals surface area contributed by atoms with Crippen LogP contribution in [0.3, 0.4) is 0 Å². The van der Waals surface area contributed by atoms with Gasteiger partial charge in [-0.1, -0.05) is 36.4 Å². The Balaban J connectivity index is 1.66. The summed E-state index contributed by atoms with van der Waals surface area (Å²) in [5.41, 5.74) is 1.97. The Labute approximate surface area is 230 Å². The van der Waals surface area contributed by atoms with Crippen molar-refractivity contribution in [2.24, 2.45) is 0 Å². The van der Waals surface area contributed by atoms with Crippen molar-refractivity contribution in [1.29, 1.82) is 0 Å². The lowest BCUT2D eigenvalue weighted by Gasteiger charge is -2.27. The fraction of sp³-hybridized carbons (Fsp3) is 0.400. The molecule has 0 saturated carbocycles. The highest BCUT2D eigenvalue weighted by molar-refractivity contribution is 5.85. The van der Waals surface area contributed by atoms with E-state index in [2.05, 4.69) is 0 Å². The van der Waals surface area contributed by atoms with Crippen molar-refractivity contribution in [2.75, 3.05) is 54.2 Å². The number of amides is 2. The Hall–Kier alpha value is -3.82. The Kier molecular flexibility index (Phi) is 12.4. The van der Waals surface area contributed by atoms with Gasteiger partial charge in [-0.15, -0.1) is 0 Å². The standard InChI is InChI=1S/C30H38N2O7/c1-35-17-8-15-31(30(34)23-38-22-25-9-5-4-6-10-25)21-29(33)32(20-26-11-7-18-39-26)16-14-24-12-13-27(36-2)28(19-24)37-3/h4-7,9-13,18-19H,8,14-17,20-23H2,1-3H3. The number of hydrogen-bond acceptors (Lipinski definition) is 7. The maximum atomic E-state index is 13.5. The van der Waals surface area contributed by atoms with Crippen LogP contribution in [0.25, 0.3) is 0 Å². The van der Waals surface area contributed by atoms with E-state index in [1.807, 2.05) is 54.6 Å². The predicted molar refractivity (Wildman–Crippen MR) is 147 cm³/mol. The van der Waals surface area contributed by atoms with Crippen molar-refractivity contribution in [3.8, 4) is 11.5 Å². The third-order valence-electron chi connectivity index (χ3n) is 6.19. The van der Waals surface area contributed by atoms with Gasteiger partial charge in [0.15, 0.2) is 11.5 Å². The Morgan fingerprint density at radius 1 is 0.821 bits per heavy atom. The molecular formula is C30H38N2O7. The lowest BCUT2D eigenvalue weighted by atomic mass is 10.1. The van der Waals surface area contributed by atoms with E-state index in [9.17, 15) is 9.59 Å². The summed E-state index contributed by atoms with van der Waals surface area (Å²) >= 11 is 0. The van der Waals surface area contributed by atoms with Crippen molar-refractivity contribution < 1.29 is 33.0 Å². The molecule has 1 aromatic heterocycles. The van der Waals surface area contributed by atoms with E-state index in [-0.39, 0.29) is 25.0 Å². The van der Waals surface area contributed by atoms with Crippen molar-refractivity contribution in [3.05, 3.63) is 83.8 Å². The molecule has 0 saturated heterocycles. The first kappa shape index (κ1) is 29.7. The second-order valence-corrected chi connectivity index (χ2v) is 8.97. The summed E-state index contributed by atoms with van der Waals surface area (Å²) in [6.07, 6.45) is 2.78. The normalized spacial score (nSPS) is 10.7. The van der Waals surface area contributed by atoms with E-state index < -0.39 is 0 Å². The monoisotopic (exact) mass is 538 g/mol. The summed E-state index contributed by atoms with van der Waals surface area (Å²) in [5, 5.41) is 0. The molecule has 2 aromatic carbocycles. The zero-order valence-corrected chi connectivity index (χ0v) is 23.0. The highest BCUT2D eigenvalue weighted by Crippen LogP contribution is 2.27. The van der Waals surface area contributed by atoms with Gasteiger partial charge in [-0.05, 0) is 48.2 Å². The van der Waals surface area contributed by atoms with Gasteiger partial charge in [0.05, 0.1) is 40.2 Å². The number of benzene rings is 2. The SMILES string of the molecule is COCCCN(CC(=O)N(CCc1ccc(OC)c(OC)c1)Cc1ccco1)C(=O)COCc1ccccc1. The molecule has 0 atom stereocenters. The number of carbonyl (C=O) groups excluding carboxylic acids is 2. The first-order valence-electron chi connectivity index (χ1n) is 12.9. The highest BCUT2D eigenvalue weighted by Gasteiger charge is 2.22. The zero-order valence-electron chi connectivity index (χ0n) is 23.0. The lowest BCUT2D eigenvalue weighted by molar-refractivity contribution is -0.144. The third-order valence-corrected chi connectivity index (χ3v) is 6.19. The second-order valence-electron chi connectivity index (χ2n) is 8.97. The predicted octanol–water partition coefficient (Wildman–Crippen LogP) is 3.95. The van der Waals surface area contributed by atoms with E-state index in [4.69, 9.17) is 23.4 Å². The largest absolute Gasteiger partial charge is 0.493 e. The molecule has 3 rings (SSSR count). The number of ether oxygens (including phenoxy) is 4. The van der Waals surface area contributed by atoms with E-state index in [1.165, 1.54) is 4.90 Å². The van der Waals surface area contributed by atoms with Crippen LogP contribution in [-0.4, -0.2) is 75.8 Å². The first-order chi connectivity index (χ1) is 19.0. The van der Waals surface area contributed by atoms with Crippen LogP contribution < -0.4 is 9.47 Å². The van der Waals surface area contributed by atoms with Gasteiger partial charge in [0.1, 0.15) is 12.4 Å². The Morgan fingerprint density at radius 3 is 2.31 bits per heavy atom. The van der Waals surface area contributed by atoms with Crippen LogP contribution in [0.2, 0.25) is 0 Å². The highest BCUT2D eigenvalue weighted by atomic mass is 16.5. The summed E-state index contributed by atoms with van der Waals surface area (Å²) in [5.74, 6) is 1.52. The van der Waals surface area contributed by atoms with Gasteiger partial charge in [0.25, 0.3) is 0 Å². The van der Waals surface area contributed by atoms with E-state index >= 15 is 0 Å². The summed E-state index contributed by atoms with van der Waals surface area (Å²) in [6.45, 7) is 1.74. The zero-order chi connectivity index (χ0) is 27.9. The van der Waals surface area contributed by atoms with Gasteiger partial charge in [0, 0.05) is 26.8 Å². The minimum Gasteiger partial charge on any atom is -0.493 e. The molecule has 0 bridgehead atoms. The summed E-state index contributed by atoms with van der Waals surface area (Å²) in [4.78, 5) is 29.8. The number of hydrogen-bond donors (Lipinski definition) is 0. The molecule has 0 N–H and O–H groups in total. The molecule has 0 radical (unpaired) electrons. The van der Waals surface area contributed by atoms with Crippen molar-refractivity contribution >= 4 is 11.8 Å². The lowest BCUT2D eigenvalue weighted by Crippen LogP contribution is -2.45. The van der Waals surface area contributed by atoms with Gasteiger partial charge in [-0.2, -0.15) is 0 Å². The van der Waals surface area contributed by atoms with Crippen LogP contribution in [-0.2, 0) is 38.6 Å². The first-order valence-corrected chi connectivity index (χ1v) is 12.9. The average Bonchev–Trinajstić information content (AvgIpc) is 3.48. The molecule has 9 heteroatoms. The van der Waals surface area contributed by atoms with Gasteiger partial charge < -0.3 is 33.2 Å². The number of furan rings is 1. The molecule has 0 fully saturated rings. The van der Waals surface area contributed by atoms with E-state index in [0.717, 1.165) is 11.1 Å². The maximum absolute atomic E-state index is 13.5. The topological polar surface area (TPSA) is 90.7 Å². The Morgan fingerprint density at radius 2 is 1.62 bits per heavy atom. The van der Waals surface area contributed by atoms with E-state index in [1.54, 1.807) is 38.6 Å². The Bertz CT molecular complexity index is 1140. The molecule has 210 valence electrons. The fourth-order valence-corrected chi connectivity index (χ4v) is 4.06. The van der Waals surface area contributed by atoms with Crippen molar-refractivity contribution in [2.45, 2.75) is 26.0 Å². The van der Waals surface area contributed by atoms with Crippen LogP contribution in [0.1, 0.15) is 23.3 Å². The molecule has 0 spiro atoms. The molecule has 0 aliphatic carbocycles. The smallest absolute Gasteiger partial charge is 0.249 e. The van der Waals surface area contributed by atoms with Gasteiger partial charge in [-0.25, -0.2) is 0 Å². The minimum absolute atomic E-state index is 0.0656. The van der Waals surface area contributed by atoms with Crippen molar-refractivity contribution in [1.82, 2.24) is 9.80 Å². The number of carbonyl (C=O) groups is 2. The molecule has 0 aliphatic rings. The molecule has 9 nitrogen and oxygen atoms in total. The third kappa shape index (κ3) is 9.77. The number of nitrogens with zero attached hydrogens (tertiary/aromatic N) is 2. The van der Waals surface area contributed by atoms with E-state index in [0.29, 0.717) is 62.9 Å². The summed E-state index contributed by atoms with van der Waals surface area (Å²) in [7, 11) is 4.79. The second kappa shape index (κ2) is 16.2. The van der Waals surface area contributed by atoms with Crippen LogP contribution in [0.4, 0.5) is 0 Å². The molecule has 39 heavy (non-hydrogen) atoms. The molecule has 2 amide bonds. The van der Waals surface area contributed by atoms with Gasteiger partial charge in [-0.3, -0.25) is 9.59 Å². The molecule has 1 heterocycles. The fourth-order valence-electron chi connectivity index (χ4n) is 4.06. The minimum atomic E-state index is -0.242. The molecule has 3 aromatic rings. The molecular weight excluding hydrogens is 500 g/mol. The van der Waals surface area contributed by atoms with Crippen molar-refractivity contribution in [3.63, 3.8) is 0 Å². The number of rotatable bonds is 17. The number of methoxy groups -OCH3 is 3. The van der Waals surface area contributed by atoms with Crippen LogP contribution >= 0.6 is 0 Å². The molecule has 0 unspecified atom stereocenters. The quantitative estimate of drug-likeness (QED) is 0.240. The molecule has 0 aliphatic heterocycles. The average molecular weight is 539 g/mol. The summed E-state index contributed by atoms with van der Waals surface area (Å²) < 4.78 is 27.1. The maximum Gasteiger partial charge on any atom is 0.249 e. The van der Waals surface area contributed by atoms with Crippen LogP contribution in [0.5, 0.6) is 11.5 Å².